The zero-order chi connectivity index (χ0) is 17.3. The zero-order valence-corrected chi connectivity index (χ0v) is 11.9. The van der Waals surface area contributed by atoms with Crippen molar-refractivity contribution in [2.75, 3.05) is 5.32 Å². The molecule has 0 saturated carbocycles. The van der Waals surface area contributed by atoms with E-state index in [1.807, 2.05) is 0 Å². The lowest BCUT2D eigenvalue weighted by atomic mass is 9.97. The Balaban J connectivity index is 2.25. The van der Waals surface area contributed by atoms with Crippen LogP contribution in [0.4, 0.5) is 23.2 Å². The molecule has 1 heterocycles. The maximum Gasteiger partial charge on any atom is 0.425 e. The number of imidazole rings is 1. The summed E-state index contributed by atoms with van der Waals surface area (Å²) in [5.41, 5.74) is -3.47. The minimum Gasteiger partial charge on any atom is -0.374 e. The number of anilines is 1. The molecule has 2 rings (SSSR count). The molecule has 2 N–H and O–H groups in total. The molecule has 0 unspecified atom stereocenters. The summed E-state index contributed by atoms with van der Waals surface area (Å²) in [5.74, 6) is -2.49. The predicted octanol–water partition coefficient (Wildman–Crippen LogP) is 2.34. The summed E-state index contributed by atoms with van der Waals surface area (Å²) in [6, 6.07) is 4.68. The Hall–Kier alpha value is -2.42. The number of aromatic nitrogens is 2. The molecule has 23 heavy (non-hydrogen) atoms. The van der Waals surface area contributed by atoms with Gasteiger partial charge in [-0.15, -0.1) is 0 Å². The molecule has 9 heteroatoms. The number of hydrogen-bond donors (Lipinski definition) is 2. The highest BCUT2D eigenvalue weighted by Crippen LogP contribution is 2.40. The van der Waals surface area contributed by atoms with Crippen LogP contribution in [-0.4, -0.2) is 26.7 Å². The molecule has 1 aromatic carbocycles. The SMILES string of the molecule is Cn1ccnc1[C@@](O)(CC(=O)Nc1cccc(F)c1)C(F)(F)F. The fourth-order valence-corrected chi connectivity index (χ4v) is 2.07. The average Bonchev–Trinajstić information content (AvgIpc) is 2.83. The Morgan fingerprint density at radius 1 is 1.39 bits per heavy atom. The van der Waals surface area contributed by atoms with Gasteiger partial charge in [0.05, 0.1) is 6.42 Å². The predicted molar refractivity (Wildman–Crippen MR) is 72.8 cm³/mol. The van der Waals surface area contributed by atoms with Crippen LogP contribution in [0.5, 0.6) is 0 Å². The quantitative estimate of drug-likeness (QED) is 0.845. The molecule has 0 radical (unpaired) electrons. The topological polar surface area (TPSA) is 67.1 Å². The van der Waals surface area contributed by atoms with Gasteiger partial charge in [0.15, 0.2) is 5.82 Å². The van der Waals surface area contributed by atoms with E-state index < -0.39 is 35.7 Å². The zero-order valence-electron chi connectivity index (χ0n) is 11.9. The van der Waals surface area contributed by atoms with E-state index in [2.05, 4.69) is 10.3 Å². The second-order valence-electron chi connectivity index (χ2n) is 4.96. The van der Waals surface area contributed by atoms with Gasteiger partial charge in [0, 0.05) is 25.1 Å². The summed E-state index contributed by atoms with van der Waals surface area (Å²) in [7, 11) is 1.27. The molecule has 0 aliphatic heterocycles. The highest BCUT2D eigenvalue weighted by Gasteiger charge is 2.58. The molecule has 0 fully saturated rings. The van der Waals surface area contributed by atoms with Crippen LogP contribution in [0.3, 0.4) is 0 Å². The van der Waals surface area contributed by atoms with Crippen LogP contribution in [0.2, 0.25) is 0 Å². The van der Waals surface area contributed by atoms with Gasteiger partial charge in [-0.1, -0.05) is 6.07 Å². The Kier molecular flexibility index (Phi) is 4.42. The molecule has 0 saturated heterocycles. The van der Waals surface area contributed by atoms with Crippen molar-refractivity contribution in [1.82, 2.24) is 9.55 Å². The Morgan fingerprint density at radius 2 is 2.09 bits per heavy atom. The number of halogens is 4. The molecule has 0 aliphatic rings. The molecular formula is C14H13F4N3O2. The highest BCUT2D eigenvalue weighted by atomic mass is 19.4. The van der Waals surface area contributed by atoms with Crippen molar-refractivity contribution in [3.05, 3.63) is 48.3 Å². The lowest BCUT2D eigenvalue weighted by Crippen LogP contribution is -2.46. The number of alkyl halides is 3. The van der Waals surface area contributed by atoms with Crippen molar-refractivity contribution in [2.45, 2.75) is 18.2 Å². The molecule has 2 aromatic rings. The first-order valence-corrected chi connectivity index (χ1v) is 6.46. The number of carbonyl (C=O) groups excluding carboxylic acids is 1. The second-order valence-corrected chi connectivity index (χ2v) is 4.96. The van der Waals surface area contributed by atoms with Gasteiger partial charge in [0.1, 0.15) is 5.82 Å². The number of benzene rings is 1. The van der Waals surface area contributed by atoms with Crippen molar-refractivity contribution in [3.8, 4) is 0 Å². The second kappa shape index (κ2) is 5.99. The smallest absolute Gasteiger partial charge is 0.374 e. The lowest BCUT2D eigenvalue weighted by Gasteiger charge is -2.29. The maximum absolute atomic E-state index is 13.3. The van der Waals surface area contributed by atoms with Gasteiger partial charge in [-0.05, 0) is 18.2 Å². The molecule has 1 aromatic heterocycles. The summed E-state index contributed by atoms with van der Waals surface area (Å²) in [5, 5.41) is 12.2. The van der Waals surface area contributed by atoms with E-state index in [9.17, 15) is 27.5 Å². The molecule has 0 aliphatic carbocycles. The number of rotatable bonds is 4. The van der Waals surface area contributed by atoms with E-state index in [-0.39, 0.29) is 5.69 Å². The van der Waals surface area contributed by atoms with Gasteiger partial charge in [-0.2, -0.15) is 13.2 Å². The number of nitrogens with one attached hydrogen (secondary N) is 1. The van der Waals surface area contributed by atoms with Crippen molar-refractivity contribution in [3.63, 3.8) is 0 Å². The summed E-state index contributed by atoms with van der Waals surface area (Å²) in [4.78, 5) is 15.3. The summed E-state index contributed by atoms with van der Waals surface area (Å²) >= 11 is 0. The molecular weight excluding hydrogens is 318 g/mol. The first-order chi connectivity index (χ1) is 10.6. The number of aryl methyl sites for hydroxylation is 1. The van der Waals surface area contributed by atoms with Gasteiger partial charge in [0.25, 0.3) is 0 Å². The van der Waals surface area contributed by atoms with Crippen LogP contribution in [0.25, 0.3) is 0 Å². The third-order valence-electron chi connectivity index (χ3n) is 3.18. The first-order valence-electron chi connectivity index (χ1n) is 6.46. The van der Waals surface area contributed by atoms with Crippen LogP contribution in [-0.2, 0) is 17.4 Å². The van der Waals surface area contributed by atoms with Crippen LogP contribution < -0.4 is 5.32 Å². The van der Waals surface area contributed by atoms with Crippen molar-refractivity contribution >= 4 is 11.6 Å². The van der Waals surface area contributed by atoms with Gasteiger partial charge >= 0.3 is 6.18 Å². The summed E-state index contributed by atoms with van der Waals surface area (Å²) in [6.45, 7) is 0. The Labute approximate surface area is 128 Å². The van der Waals surface area contributed by atoms with Gasteiger partial charge < -0.3 is 15.0 Å². The average molecular weight is 331 g/mol. The number of hydrogen-bond acceptors (Lipinski definition) is 3. The van der Waals surface area contributed by atoms with E-state index in [1.54, 1.807) is 0 Å². The van der Waals surface area contributed by atoms with Crippen LogP contribution >= 0.6 is 0 Å². The fourth-order valence-electron chi connectivity index (χ4n) is 2.07. The van der Waals surface area contributed by atoms with E-state index in [0.717, 1.165) is 22.9 Å². The largest absolute Gasteiger partial charge is 0.425 e. The first kappa shape index (κ1) is 16.9. The van der Waals surface area contributed by atoms with E-state index >= 15 is 0 Å². The summed E-state index contributed by atoms with van der Waals surface area (Å²) in [6.07, 6.45) is -4.13. The van der Waals surface area contributed by atoms with Gasteiger partial charge in [0.2, 0.25) is 11.5 Å². The molecule has 124 valence electrons. The molecule has 0 bridgehead atoms. The Bertz CT molecular complexity index is 714. The van der Waals surface area contributed by atoms with Crippen LogP contribution in [0, 0.1) is 5.82 Å². The minimum absolute atomic E-state index is 0.0145. The normalized spacial score (nSPS) is 14.3. The molecule has 1 amide bonds. The van der Waals surface area contributed by atoms with Crippen molar-refractivity contribution < 1.29 is 27.5 Å². The molecule has 5 nitrogen and oxygen atoms in total. The highest BCUT2D eigenvalue weighted by molar-refractivity contribution is 5.91. The molecule has 1 atom stereocenters. The van der Waals surface area contributed by atoms with E-state index in [0.29, 0.717) is 0 Å². The lowest BCUT2D eigenvalue weighted by molar-refractivity contribution is -0.270. The Morgan fingerprint density at radius 3 is 2.61 bits per heavy atom. The van der Waals surface area contributed by atoms with Gasteiger partial charge in [-0.3, -0.25) is 4.79 Å². The standard InChI is InChI=1S/C14H13F4N3O2/c1-21-6-5-19-12(21)13(23,14(16,17)18)8-11(22)20-10-4-2-3-9(15)7-10/h2-7,23H,8H2,1H3,(H,20,22)/t13-/m0/s1. The van der Waals surface area contributed by atoms with Gasteiger partial charge in [-0.25, -0.2) is 9.37 Å². The molecule has 0 spiro atoms. The third-order valence-corrected chi connectivity index (χ3v) is 3.18. The third kappa shape index (κ3) is 3.50. The van der Waals surface area contributed by atoms with Crippen molar-refractivity contribution in [2.24, 2.45) is 7.05 Å². The van der Waals surface area contributed by atoms with E-state index in [1.165, 1.54) is 25.4 Å². The monoisotopic (exact) mass is 331 g/mol. The number of nitrogens with zero attached hydrogens (tertiary/aromatic N) is 2. The van der Waals surface area contributed by atoms with Crippen molar-refractivity contribution in [1.29, 1.82) is 0 Å². The minimum atomic E-state index is -5.12. The number of aliphatic hydroxyl groups is 1. The number of amides is 1. The number of carbonyl (C=O) groups is 1. The summed E-state index contributed by atoms with van der Waals surface area (Å²) < 4.78 is 53.8. The van der Waals surface area contributed by atoms with E-state index in [4.69, 9.17) is 0 Å². The fraction of sp³-hybridized carbons (Fsp3) is 0.286. The van der Waals surface area contributed by atoms with Crippen LogP contribution in [0.1, 0.15) is 12.2 Å². The van der Waals surface area contributed by atoms with Crippen LogP contribution in [0.15, 0.2) is 36.7 Å². The maximum atomic E-state index is 13.3.